The van der Waals surface area contributed by atoms with Crippen LogP contribution < -0.4 is 20.3 Å². The largest absolute Gasteiger partial charge is 0.493 e. The summed E-state index contributed by atoms with van der Waals surface area (Å²) < 4.78 is 11.9. The minimum atomic E-state index is -0.473. The fourth-order valence-electron chi connectivity index (χ4n) is 2.28. The summed E-state index contributed by atoms with van der Waals surface area (Å²) in [4.78, 5) is 24.3. The van der Waals surface area contributed by atoms with E-state index in [-0.39, 0.29) is 6.61 Å². The molecule has 0 aromatic heterocycles. The number of hydrogen-bond donors (Lipinski definition) is 2. The molecule has 2 aromatic rings. The molecule has 0 spiro atoms. The van der Waals surface area contributed by atoms with Gasteiger partial charge < -0.3 is 9.47 Å². The molecule has 0 aliphatic rings. The van der Waals surface area contributed by atoms with E-state index in [1.165, 1.54) is 0 Å². The molecule has 0 aliphatic carbocycles. The van der Waals surface area contributed by atoms with Crippen molar-refractivity contribution in [3.05, 3.63) is 58.1 Å². The van der Waals surface area contributed by atoms with Crippen molar-refractivity contribution in [2.45, 2.75) is 27.2 Å². The zero-order valence-electron chi connectivity index (χ0n) is 16.3. The molecule has 28 heavy (non-hydrogen) atoms. The summed E-state index contributed by atoms with van der Waals surface area (Å²) in [5, 5.41) is 0. The van der Waals surface area contributed by atoms with E-state index in [0.29, 0.717) is 29.6 Å². The van der Waals surface area contributed by atoms with Crippen molar-refractivity contribution >= 4 is 27.7 Å². The van der Waals surface area contributed by atoms with E-state index in [1.807, 2.05) is 19.1 Å². The first-order valence-corrected chi connectivity index (χ1v) is 9.86. The Hall–Kier alpha value is -2.54. The van der Waals surface area contributed by atoms with Gasteiger partial charge in [0.25, 0.3) is 11.8 Å². The number of aryl methyl sites for hydroxylation is 1. The second-order valence-electron chi connectivity index (χ2n) is 6.75. The molecule has 0 radical (unpaired) electrons. The lowest BCUT2D eigenvalue weighted by molar-refractivity contribution is -0.123. The first-order valence-electron chi connectivity index (χ1n) is 9.06. The van der Waals surface area contributed by atoms with Gasteiger partial charge in [-0.1, -0.05) is 32.0 Å². The van der Waals surface area contributed by atoms with Gasteiger partial charge in [-0.25, -0.2) is 0 Å². The van der Waals surface area contributed by atoms with Crippen LogP contribution in [-0.2, 0) is 4.79 Å². The molecule has 2 amide bonds. The summed E-state index contributed by atoms with van der Waals surface area (Å²) in [6.45, 7) is 6.46. The Bertz CT molecular complexity index is 824. The van der Waals surface area contributed by atoms with Gasteiger partial charge in [0.1, 0.15) is 11.5 Å². The zero-order chi connectivity index (χ0) is 20.5. The lowest BCUT2D eigenvalue weighted by atomic mass is 10.1. The molecule has 0 unspecified atom stereocenters. The maximum Gasteiger partial charge on any atom is 0.276 e. The Labute approximate surface area is 173 Å². The quantitative estimate of drug-likeness (QED) is 0.597. The first kappa shape index (κ1) is 21.8. The maximum atomic E-state index is 12.4. The van der Waals surface area contributed by atoms with Crippen molar-refractivity contribution in [3.8, 4) is 11.5 Å². The molecule has 2 N–H and O–H groups in total. The molecule has 0 saturated heterocycles. The summed E-state index contributed by atoms with van der Waals surface area (Å²) in [7, 11) is 0. The fraction of sp³-hybridized carbons (Fsp3) is 0.333. The molecular formula is C21H25BrN2O4. The van der Waals surface area contributed by atoms with E-state index < -0.39 is 11.8 Å². The molecule has 7 heteroatoms. The van der Waals surface area contributed by atoms with E-state index >= 15 is 0 Å². The SMILES string of the molecule is Cc1ccc(OCC(=O)NNC(=O)c2ccccc2OCCC(C)C)c(Br)c1. The zero-order valence-corrected chi connectivity index (χ0v) is 17.8. The Morgan fingerprint density at radius 3 is 2.50 bits per heavy atom. The van der Waals surface area contributed by atoms with Gasteiger partial charge in [-0.05, 0) is 65.0 Å². The second-order valence-corrected chi connectivity index (χ2v) is 7.61. The highest BCUT2D eigenvalue weighted by atomic mass is 79.9. The number of carbonyl (C=O) groups is 2. The molecule has 0 fully saturated rings. The molecule has 0 aliphatic heterocycles. The van der Waals surface area contributed by atoms with Gasteiger partial charge >= 0.3 is 0 Å². The summed E-state index contributed by atoms with van der Waals surface area (Å²) in [5.41, 5.74) is 6.17. The van der Waals surface area contributed by atoms with Crippen molar-refractivity contribution in [2.75, 3.05) is 13.2 Å². The van der Waals surface area contributed by atoms with Crippen LogP contribution in [0.5, 0.6) is 11.5 Å². The van der Waals surface area contributed by atoms with Crippen LogP contribution in [0.4, 0.5) is 0 Å². The Kier molecular flexibility index (Phi) is 8.32. The standard InChI is InChI=1S/C21H25BrN2O4/c1-14(2)10-11-27-18-7-5-4-6-16(18)21(26)24-23-20(25)13-28-19-9-8-15(3)12-17(19)22/h4-9,12,14H,10-11,13H2,1-3H3,(H,23,25)(H,24,26). The molecule has 0 bridgehead atoms. The number of benzene rings is 2. The number of hydrazine groups is 1. The monoisotopic (exact) mass is 448 g/mol. The van der Waals surface area contributed by atoms with Gasteiger partial charge in [-0.15, -0.1) is 0 Å². The number of para-hydroxylation sites is 1. The van der Waals surface area contributed by atoms with Gasteiger partial charge in [0.15, 0.2) is 6.61 Å². The van der Waals surface area contributed by atoms with Gasteiger partial charge in [0.05, 0.1) is 16.6 Å². The van der Waals surface area contributed by atoms with E-state index in [1.54, 1.807) is 30.3 Å². The third-order valence-corrected chi connectivity index (χ3v) is 4.47. The van der Waals surface area contributed by atoms with Crippen molar-refractivity contribution in [1.29, 1.82) is 0 Å². The molecule has 0 atom stereocenters. The lowest BCUT2D eigenvalue weighted by Gasteiger charge is -2.13. The average Bonchev–Trinajstić information content (AvgIpc) is 2.65. The van der Waals surface area contributed by atoms with Crippen LogP contribution in [0.3, 0.4) is 0 Å². The Morgan fingerprint density at radius 2 is 1.79 bits per heavy atom. The Balaban J connectivity index is 1.85. The molecule has 0 saturated carbocycles. The van der Waals surface area contributed by atoms with Gasteiger partial charge in [-0.2, -0.15) is 0 Å². The number of rotatable bonds is 8. The van der Waals surface area contributed by atoms with Crippen LogP contribution in [-0.4, -0.2) is 25.0 Å². The number of halogens is 1. The van der Waals surface area contributed by atoms with E-state index in [2.05, 4.69) is 40.6 Å². The summed E-state index contributed by atoms with van der Waals surface area (Å²) in [5.74, 6) is 0.614. The minimum absolute atomic E-state index is 0.228. The van der Waals surface area contributed by atoms with Crippen LogP contribution in [0.25, 0.3) is 0 Å². The molecule has 2 aromatic carbocycles. The number of hydrogen-bond acceptors (Lipinski definition) is 4. The van der Waals surface area contributed by atoms with Crippen LogP contribution >= 0.6 is 15.9 Å². The predicted octanol–water partition coefficient (Wildman–Crippen LogP) is 4.02. The fourth-order valence-corrected chi connectivity index (χ4v) is 2.89. The summed E-state index contributed by atoms with van der Waals surface area (Å²) in [6.07, 6.45) is 0.887. The van der Waals surface area contributed by atoms with Gasteiger partial charge in [-0.3, -0.25) is 20.4 Å². The summed E-state index contributed by atoms with van der Waals surface area (Å²) in [6, 6.07) is 12.5. The highest BCUT2D eigenvalue weighted by molar-refractivity contribution is 9.10. The van der Waals surface area contributed by atoms with Crippen molar-refractivity contribution < 1.29 is 19.1 Å². The van der Waals surface area contributed by atoms with E-state index in [0.717, 1.165) is 16.5 Å². The highest BCUT2D eigenvalue weighted by Gasteiger charge is 2.13. The van der Waals surface area contributed by atoms with E-state index in [4.69, 9.17) is 9.47 Å². The second kappa shape index (κ2) is 10.7. The molecule has 2 rings (SSSR count). The van der Waals surface area contributed by atoms with Crippen molar-refractivity contribution in [2.24, 2.45) is 5.92 Å². The van der Waals surface area contributed by atoms with Crippen molar-refractivity contribution in [1.82, 2.24) is 10.9 Å². The van der Waals surface area contributed by atoms with Crippen LogP contribution in [0, 0.1) is 12.8 Å². The van der Waals surface area contributed by atoms with E-state index in [9.17, 15) is 9.59 Å². The van der Waals surface area contributed by atoms with Crippen molar-refractivity contribution in [3.63, 3.8) is 0 Å². The molecule has 0 heterocycles. The maximum absolute atomic E-state index is 12.4. The third kappa shape index (κ3) is 6.88. The smallest absolute Gasteiger partial charge is 0.276 e. The topological polar surface area (TPSA) is 76.7 Å². The van der Waals surface area contributed by atoms with Crippen LogP contribution in [0.2, 0.25) is 0 Å². The van der Waals surface area contributed by atoms with Gasteiger partial charge in [0, 0.05) is 0 Å². The molecular weight excluding hydrogens is 424 g/mol. The Morgan fingerprint density at radius 1 is 1.04 bits per heavy atom. The minimum Gasteiger partial charge on any atom is -0.493 e. The first-order chi connectivity index (χ1) is 13.4. The molecule has 150 valence electrons. The third-order valence-electron chi connectivity index (χ3n) is 3.85. The number of carbonyl (C=O) groups excluding carboxylic acids is 2. The molecule has 6 nitrogen and oxygen atoms in total. The highest BCUT2D eigenvalue weighted by Crippen LogP contribution is 2.25. The number of ether oxygens (including phenoxy) is 2. The lowest BCUT2D eigenvalue weighted by Crippen LogP contribution is -2.44. The normalized spacial score (nSPS) is 10.5. The predicted molar refractivity (Wildman–Crippen MR) is 111 cm³/mol. The summed E-state index contributed by atoms with van der Waals surface area (Å²) >= 11 is 3.39. The van der Waals surface area contributed by atoms with Gasteiger partial charge in [0.2, 0.25) is 0 Å². The van der Waals surface area contributed by atoms with Crippen LogP contribution in [0.1, 0.15) is 36.2 Å². The average molecular weight is 449 g/mol. The number of amides is 2. The number of nitrogens with one attached hydrogen (secondary N) is 2. The van der Waals surface area contributed by atoms with Crippen LogP contribution in [0.15, 0.2) is 46.9 Å².